The first-order valence-corrected chi connectivity index (χ1v) is 7.53. The molecule has 0 radical (unpaired) electrons. The first kappa shape index (κ1) is 15.8. The van der Waals surface area contributed by atoms with Crippen molar-refractivity contribution in [3.8, 4) is 0 Å². The van der Waals surface area contributed by atoms with Gasteiger partial charge in [0.25, 0.3) is 0 Å². The Bertz CT molecular complexity index is 566. The van der Waals surface area contributed by atoms with Gasteiger partial charge in [0.2, 0.25) is 0 Å². The molecule has 0 aromatic carbocycles. The molecule has 0 aromatic heterocycles. The lowest BCUT2D eigenvalue weighted by molar-refractivity contribution is -0.149. The second-order valence-corrected chi connectivity index (χ2v) is 5.85. The van der Waals surface area contributed by atoms with Crippen LogP contribution >= 0.6 is 0 Å². The lowest BCUT2D eigenvalue weighted by Crippen LogP contribution is -2.58. The molecule has 7 nitrogen and oxygen atoms in total. The minimum atomic E-state index is -1.78. The van der Waals surface area contributed by atoms with Gasteiger partial charge in [-0.1, -0.05) is 12.7 Å². The zero-order valence-corrected chi connectivity index (χ0v) is 12.7. The van der Waals surface area contributed by atoms with E-state index in [2.05, 4.69) is 6.58 Å². The van der Waals surface area contributed by atoms with E-state index in [0.717, 1.165) is 4.90 Å². The van der Waals surface area contributed by atoms with Crippen molar-refractivity contribution in [2.24, 2.45) is 17.8 Å². The minimum absolute atomic E-state index is 0.0223. The van der Waals surface area contributed by atoms with Gasteiger partial charge >= 0.3 is 18.0 Å². The zero-order valence-electron chi connectivity index (χ0n) is 12.7. The molecule has 2 aliphatic carbocycles. The molecule has 23 heavy (non-hydrogen) atoms. The van der Waals surface area contributed by atoms with Gasteiger partial charge in [0, 0.05) is 5.92 Å². The second-order valence-electron chi connectivity index (χ2n) is 5.85. The van der Waals surface area contributed by atoms with Crippen LogP contribution in [0.1, 0.15) is 13.3 Å². The Labute approximate surface area is 132 Å². The molecule has 1 heterocycles. The van der Waals surface area contributed by atoms with E-state index in [1.54, 1.807) is 6.92 Å². The summed E-state index contributed by atoms with van der Waals surface area (Å²) in [5, 5.41) is 0. The summed E-state index contributed by atoms with van der Waals surface area (Å²) in [6.07, 6.45) is -1.05. The number of esters is 2. The molecule has 3 fully saturated rings. The number of halogens is 1. The van der Waals surface area contributed by atoms with E-state index >= 15 is 0 Å². The number of fused-ring (bicyclic) bond motifs is 2. The van der Waals surface area contributed by atoms with Crippen molar-refractivity contribution in [2.75, 3.05) is 19.9 Å². The Balaban J connectivity index is 1.87. The number of hydrogen-bond donors (Lipinski definition) is 0. The van der Waals surface area contributed by atoms with E-state index in [1.165, 1.54) is 6.08 Å². The molecule has 0 bridgehead atoms. The van der Waals surface area contributed by atoms with Crippen molar-refractivity contribution in [1.29, 1.82) is 0 Å². The van der Waals surface area contributed by atoms with Crippen LogP contribution in [0, 0.1) is 17.8 Å². The van der Waals surface area contributed by atoms with Gasteiger partial charge in [0.15, 0.2) is 12.3 Å². The SMILES string of the molecule is C=CCOC(=O)N1COC(=O)[C@]12[C@H]1[C@@H](C[C@@H]2F)[C@@H]1C(=O)OCC. The summed E-state index contributed by atoms with van der Waals surface area (Å²) in [6, 6.07) is 0. The molecule has 1 aliphatic heterocycles. The molecule has 0 unspecified atom stereocenters. The van der Waals surface area contributed by atoms with Crippen molar-refractivity contribution in [3.63, 3.8) is 0 Å². The predicted octanol–water partition coefficient (Wildman–Crippen LogP) is 1.03. The monoisotopic (exact) mass is 327 g/mol. The lowest BCUT2D eigenvalue weighted by Gasteiger charge is -2.33. The fraction of sp³-hybridized carbons (Fsp3) is 0.667. The van der Waals surface area contributed by atoms with Crippen LogP contribution in [0.15, 0.2) is 12.7 Å². The summed E-state index contributed by atoms with van der Waals surface area (Å²) < 4.78 is 29.5. The fourth-order valence-corrected chi connectivity index (χ4v) is 3.94. The molecule has 1 amide bonds. The van der Waals surface area contributed by atoms with E-state index in [4.69, 9.17) is 14.2 Å². The van der Waals surface area contributed by atoms with E-state index < -0.39 is 41.6 Å². The molecular weight excluding hydrogens is 309 g/mol. The van der Waals surface area contributed by atoms with Crippen molar-refractivity contribution in [2.45, 2.75) is 25.1 Å². The van der Waals surface area contributed by atoms with Gasteiger partial charge in [-0.15, -0.1) is 0 Å². The molecule has 5 atom stereocenters. The first-order chi connectivity index (χ1) is 11.0. The summed E-state index contributed by atoms with van der Waals surface area (Å²) >= 11 is 0. The molecule has 8 heteroatoms. The van der Waals surface area contributed by atoms with Crippen molar-refractivity contribution in [1.82, 2.24) is 4.90 Å². The predicted molar refractivity (Wildman–Crippen MR) is 73.7 cm³/mol. The Morgan fingerprint density at radius 1 is 1.52 bits per heavy atom. The first-order valence-electron chi connectivity index (χ1n) is 7.53. The van der Waals surface area contributed by atoms with Crippen LogP contribution in [0.3, 0.4) is 0 Å². The summed E-state index contributed by atoms with van der Waals surface area (Å²) in [5.74, 6) is -2.80. The molecule has 3 rings (SSSR count). The summed E-state index contributed by atoms with van der Waals surface area (Å²) in [6.45, 7) is 4.86. The van der Waals surface area contributed by atoms with E-state index in [-0.39, 0.29) is 32.3 Å². The van der Waals surface area contributed by atoms with Crippen LogP contribution in [0.25, 0.3) is 0 Å². The number of nitrogens with zero attached hydrogens (tertiary/aromatic N) is 1. The Kier molecular flexibility index (Phi) is 3.77. The van der Waals surface area contributed by atoms with Crippen LogP contribution in [0.5, 0.6) is 0 Å². The maximum Gasteiger partial charge on any atom is 0.413 e. The Morgan fingerprint density at radius 3 is 2.91 bits per heavy atom. The number of amides is 1. The number of rotatable bonds is 4. The molecule has 3 aliphatic rings. The van der Waals surface area contributed by atoms with Gasteiger partial charge in [0.05, 0.1) is 12.5 Å². The van der Waals surface area contributed by atoms with Gasteiger partial charge in [0.1, 0.15) is 12.8 Å². The standard InChI is InChI=1S/C15H18FNO6/c1-3-5-22-14(20)17-7-23-13(19)15(17)9(16)6-8-10(11(8)15)12(18)21-4-2/h3,8-11H,1,4-7H2,2H3/t8-,9-,10-,11-,15-/m0/s1. The van der Waals surface area contributed by atoms with E-state index in [9.17, 15) is 18.8 Å². The highest BCUT2D eigenvalue weighted by Crippen LogP contribution is 2.66. The van der Waals surface area contributed by atoms with Crippen molar-refractivity contribution >= 4 is 18.0 Å². The molecule has 0 aromatic rings. The topological polar surface area (TPSA) is 82.1 Å². The van der Waals surface area contributed by atoms with E-state index in [0.29, 0.717) is 0 Å². The van der Waals surface area contributed by atoms with Crippen LogP contribution in [-0.4, -0.2) is 54.6 Å². The number of ether oxygens (including phenoxy) is 3. The number of carbonyl (C=O) groups is 3. The third-order valence-corrected chi connectivity index (χ3v) is 4.84. The minimum Gasteiger partial charge on any atom is -0.466 e. The molecule has 0 N–H and O–H groups in total. The number of cyclic esters (lactones) is 1. The average molecular weight is 327 g/mol. The van der Waals surface area contributed by atoms with Crippen LogP contribution in [0.4, 0.5) is 9.18 Å². The van der Waals surface area contributed by atoms with Gasteiger partial charge in [-0.2, -0.15) is 0 Å². The van der Waals surface area contributed by atoms with Crippen LogP contribution in [-0.2, 0) is 23.8 Å². The highest BCUT2D eigenvalue weighted by atomic mass is 19.1. The van der Waals surface area contributed by atoms with Crippen molar-refractivity contribution in [3.05, 3.63) is 12.7 Å². The van der Waals surface area contributed by atoms with Crippen LogP contribution < -0.4 is 0 Å². The molecule has 2 saturated carbocycles. The smallest absolute Gasteiger partial charge is 0.413 e. The van der Waals surface area contributed by atoms with Gasteiger partial charge in [-0.3, -0.25) is 9.69 Å². The molecule has 1 saturated heterocycles. The summed E-state index contributed by atoms with van der Waals surface area (Å²) in [7, 11) is 0. The van der Waals surface area contributed by atoms with Crippen molar-refractivity contribution < 1.29 is 33.0 Å². The van der Waals surface area contributed by atoms with Crippen LogP contribution in [0.2, 0.25) is 0 Å². The molecule has 126 valence electrons. The zero-order chi connectivity index (χ0) is 16.8. The highest BCUT2D eigenvalue weighted by molar-refractivity contribution is 5.93. The molecule has 1 spiro atoms. The Morgan fingerprint density at radius 2 is 2.26 bits per heavy atom. The van der Waals surface area contributed by atoms with Gasteiger partial charge in [-0.05, 0) is 19.3 Å². The average Bonchev–Trinajstić information content (AvgIpc) is 3.00. The maximum atomic E-state index is 14.6. The second kappa shape index (κ2) is 5.50. The summed E-state index contributed by atoms with van der Waals surface area (Å²) in [5.41, 5.74) is -1.78. The maximum absolute atomic E-state index is 14.6. The quantitative estimate of drug-likeness (QED) is 0.436. The van der Waals surface area contributed by atoms with Gasteiger partial charge < -0.3 is 14.2 Å². The highest BCUT2D eigenvalue weighted by Gasteiger charge is 2.81. The van der Waals surface area contributed by atoms with Gasteiger partial charge in [-0.25, -0.2) is 14.0 Å². The lowest BCUT2D eigenvalue weighted by atomic mass is 9.88. The Hall–Kier alpha value is -2.12. The number of hydrogen-bond acceptors (Lipinski definition) is 6. The number of carbonyl (C=O) groups excluding carboxylic acids is 3. The third kappa shape index (κ3) is 2.04. The van der Waals surface area contributed by atoms with E-state index in [1.807, 2.05) is 0 Å². The fourth-order valence-electron chi connectivity index (χ4n) is 3.94. The number of alkyl halides is 1. The normalized spacial score (nSPS) is 37.3. The third-order valence-electron chi connectivity index (χ3n) is 4.84. The largest absolute Gasteiger partial charge is 0.466 e. The summed E-state index contributed by atoms with van der Waals surface area (Å²) in [4.78, 5) is 37.4. The molecular formula is C15H18FNO6.